The van der Waals surface area contributed by atoms with Gasteiger partial charge >= 0.3 is 0 Å². The lowest BCUT2D eigenvalue weighted by Gasteiger charge is -2.18. The highest BCUT2D eigenvalue weighted by atomic mass is 16.2. The third kappa shape index (κ3) is 5.01. The van der Waals surface area contributed by atoms with Crippen LogP contribution in [-0.2, 0) is 16.1 Å². The molecule has 2 aromatic rings. The highest BCUT2D eigenvalue weighted by Gasteiger charge is 2.16. The molecule has 5 heteroatoms. The SMILES string of the molecule is CC(=O)N[C@H](CC(=O)NCc1cccnc1)c1ccccc1. The van der Waals surface area contributed by atoms with E-state index >= 15 is 0 Å². The lowest BCUT2D eigenvalue weighted by atomic mass is 10.0. The fraction of sp³-hybridized carbons (Fsp3) is 0.235. The summed E-state index contributed by atoms with van der Waals surface area (Å²) in [5.74, 6) is -0.277. The van der Waals surface area contributed by atoms with Crippen molar-refractivity contribution in [1.82, 2.24) is 15.6 Å². The van der Waals surface area contributed by atoms with E-state index in [1.54, 1.807) is 12.4 Å². The van der Waals surface area contributed by atoms with Crippen LogP contribution in [0.5, 0.6) is 0 Å². The quantitative estimate of drug-likeness (QED) is 0.856. The van der Waals surface area contributed by atoms with E-state index in [0.29, 0.717) is 6.54 Å². The van der Waals surface area contributed by atoms with Gasteiger partial charge in [-0.1, -0.05) is 36.4 Å². The number of pyridine rings is 1. The van der Waals surface area contributed by atoms with E-state index < -0.39 is 0 Å². The second kappa shape index (κ2) is 7.93. The van der Waals surface area contributed by atoms with Crippen LogP contribution >= 0.6 is 0 Å². The predicted molar refractivity (Wildman–Crippen MR) is 83.7 cm³/mol. The molecule has 0 spiro atoms. The van der Waals surface area contributed by atoms with Crippen molar-refractivity contribution in [3.8, 4) is 0 Å². The molecule has 114 valence electrons. The van der Waals surface area contributed by atoms with Crippen LogP contribution in [0.1, 0.15) is 30.5 Å². The van der Waals surface area contributed by atoms with Gasteiger partial charge in [-0.15, -0.1) is 0 Å². The maximum atomic E-state index is 12.1. The molecule has 2 N–H and O–H groups in total. The van der Waals surface area contributed by atoms with Crippen LogP contribution in [0.15, 0.2) is 54.9 Å². The number of nitrogens with zero attached hydrogens (tertiary/aromatic N) is 1. The summed E-state index contributed by atoms with van der Waals surface area (Å²) >= 11 is 0. The minimum Gasteiger partial charge on any atom is -0.352 e. The summed E-state index contributed by atoms with van der Waals surface area (Å²) in [7, 11) is 0. The van der Waals surface area contributed by atoms with Crippen molar-refractivity contribution in [1.29, 1.82) is 0 Å². The Morgan fingerprint density at radius 1 is 1.14 bits per heavy atom. The number of benzene rings is 1. The minimum absolute atomic E-state index is 0.119. The number of amides is 2. The summed E-state index contributed by atoms with van der Waals surface area (Å²) in [6.45, 7) is 1.87. The zero-order chi connectivity index (χ0) is 15.8. The molecule has 0 fully saturated rings. The average molecular weight is 297 g/mol. The maximum Gasteiger partial charge on any atom is 0.222 e. The van der Waals surface area contributed by atoms with E-state index in [0.717, 1.165) is 11.1 Å². The monoisotopic (exact) mass is 297 g/mol. The topological polar surface area (TPSA) is 71.1 Å². The number of aromatic nitrogens is 1. The van der Waals surface area contributed by atoms with E-state index in [4.69, 9.17) is 0 Å². The molecule has 0 unspecified atom stereocenters. The fourth-order valence-corrected chi connectivity index (χ4v) is 2.14. The van der Waals surface area contributed by atoms with Crippen molar-refractivity contribution < 1.29 is 9.59 Å². The molecule has 1 aromatic carbocycles. The molecule has 1 heterocycles. The third-order valence-corrected chi connectivity index (χ3v) is 3.18. The zero-order valence-electron chi connectivity index (χ0n) is 12.5. The fourth-order valence-electron chi connectivity index (χ4n) is 2.14. The summed E-state index contributed by atoms with van der Waals surface area (Å²) < 4.78 is 0. The number of carbonyl (C=O) groups is 2. The zero-order valence-corrected chi connectivity index (χ0v) is 12.5. The molecular formula is C17H19N3O2. The van der Waals surface area contributed by atoms with Gasteiger partial charge in [-0.05, 0) is 17.2 Å². The molecule has 0 saturated heterocycles. The van der Waals surface area contributed by atoms with Crippen LogP contribution in [0.25, 0.3) is 0 Å². The van der Waals surface area contributed by atoms with E-state index in [-0.39, 0.29) is 24.3 Å². The highest BCUT2D eigenvalue weighted by Crippen LogP contribution is 2.16. The van der Waals surface area contributed by atoms with E-state index in [1.165, 1.54) is 6.92 Å². The molecule has 2 amide bonds. The van der Waals surface area contributed by atoms with Gasteiger partial charge in [-0.3, -0.25) is 14.6 Å². The lowest BCUT2D eigenvalue weighted by molar-refractivity contribution is -0.122. The lowest BCUT2D eigenvalue weighted by Crippen LogP contribution is -2.32. The Morgan fingerprint density at radius 3 is 2.55 bits per heavy atom. The third-order valence-electron chi connectivity index (χ3n) is 3.18. The van der Waals surface area contributed by atoms with E-state index in [1.807, 2.05) is 42.5 Å². The Balaban J connectivity index is 1.95. The van der Waals surface area contributed by atoms with Crippen molar-refractivity contribution >= 4 is 11.8 Å². The molecule has 0 aliphatic carbocycles. The number of nitrogens with one attached hydrogen (secondary N) is 2. The maximum absolute atomic E-state index is 12.1. The van der Waals surface area contributed by atoms with Gasteiger partial charge in [0.25, 0.3) is 0 Å². The van der Waals surface area contributed by atoms with Crippen LogP contribution in [0, 0.1) is 0 Å². The first kappa shape index (κ1) is 15.7. The Bertz CT molecular complexity index is 614. The Hall–Kier alpha value is -2.69. The van der Waals surface area contributed by atoms with Gasteiger partial charge in [0.05, 0.1) is 12.5 Å². The first-order valence-corrected chi connectivity index (χ1v) is 7.13. The molecule has 0 saturated carbocycles. The number of carbonyl (C=O) groups excluding carboxylic acids is 2. The van der Waals surface area contributed by atoms with Crippen molar-refractivity contribution in [2.45, 2.75) is 25.9 Å². The van der Waals surface area contributed by atoms with E-state index in [2.05, 4.69) is 15.6 Å². The van der Waals surface area contributed by atoms with Crippen molar-refractivity contribution in [2.24, 2.45) is 0 Å². The van der Waals surface area contributed by atoms with Crippen LogP contribution in [0.2, 0.25) is 0 Å². The standard InChI is InChI=1S/C17H19N3O2/c1-13(21)20-16(15-7-3-2-4-8-15)10-17(22)19-12-14-6-5-9-18-11-14/h2-9,11,16H,10,12H2,1H3,(H,19,22)(H,20,21)/t16-/m1/s1. The molecule has 5 nitrogen and oxygen atoms in total. The molecular weight excluding hydrogens is 278 g/mol. The highest BCUT2D eigenvalue weighted by molar-refractivity contribution is 5.79. The molecule has 2 rings (SSSR count). The van der Waals surface area contributed by atoms with E-state index in [9.17, 15) is 9.59 Å². The summed E-state index contributed by atoms with van der Waals surface area (Å²) in [6.07, 6.45) is 3.60. The summed E-state index contributed by atoms with van der Waals surface area (Å²) in [5.41, 5.74) is 1.85. The predicted octanol–water partition coefficient (Wildman–Crippen LogP) is 1.97. The average Bonchev–Trinajstić information content (AvgIpc) is 2.54. The van der Waals surface area contributed by atoms with Gasteiger partial charge in [-0.25, -0.2) is 0 Å². The second-order valence-electron chi connectivity index (χ2n) is 5.01. The van der Waals surface area contributed by atoms with Crippen molar-refractivity contribution in [3.05, 3.63) is 66.0 Å². The molecule has 0 aliphatic rings. The summed E-state index contributed by atoms with van der Waals surface area (Å²) in [5, 5.41) is 5.66. The Morgan fingerprint density at radius 2 is 1.91 bits per heavy atom. The first-order valence-electron chi connectivity index (χ1n) is 7.13. The molecule has 1 aromatic heterocycles. The van der Waals surface area contributed by atoms with Crippen molar-refractivity contribution in [3.63, 3.8) is 0 Å². The number of hydrogen-bond acceptors (Lipinski definition) is 3. The van der Waals surface area contributed by atoms with Crippen molar-refractivity contribution in [2.75, 3.05) is 0 Å². The first-order chi connectivity index (χ1) is 10.6. The van der Waals surface area contributed by atoms with Gasteiger partial charge in [0.2, 0.25) is 11.8 Å². The van der Waals surface area contributed by atoms with Crippen LogP contribution in [0.4, 0.5) is 0 Å². The molecule has 0 radical (unpaired) electrons. The van der Waals surface area contributed by atoms with Gasteiger partial charge in [0.15, 0.2) is 0 Å². The summed E-state index contributed by atoms with van der Waals surface area (Å²) in [4.78, 5) is 27.4. The largest absolute Gasteiger partial charge is 0.352 e. The Labute approximate surface area is 129 Å². The number of rotatable bonds is 6. The van der Waals surface area contributed by atoms with Crippen LogP contribution in [0.3, 0.4) is 0 Å². The van der Waals surface area contributed by atoms with Gasteiger partial charge < -0.3 is 10.6 Å². The Kier molecular flexibility index (Phi) is 5.65. The molecule has 22 heavy (non-hydrogen) atoms. The smallest absolute Gasteiger partial charge is 0.222 e. The minimum atomic E-state index is -0.326. The van der Waals surface area contributed by atoms with Gasteiger partial charge in [0, 0.05) is 25.9 Å². The van der Waals surface area contributed by atoms with Crippen LogP contribution < -0.4 is 10.6 Å². The second-order valence-corrected chi connectivity index (χ2v) is 5.01. The van der Waals surface area contributed by atoms with Gasteiger partial charge in [-0.2, -0.15) is 0 Å². The molecule has 1 atom stereocenters. The molecule has 0 aliphatic heterocycles. The molecule has 0 bridgehead atoms. The van der Waals surface area contributed by atoms with Gasteiger partial charge in [0.1, 0.15) is 0 Å². The van der Waals surface area contributed by atoms with Crippen LogP contribution in [-0.4, -0.2) is 16.8 Å². The normalized spacial score (nSPS) is 11.5. The number of hydrogen-bond donors (Lipinski definition) is 2. The summed E-state index contributed by atoms with van der Waals surface area (Å²) in [6, 6.07) is 12.9.